The maximum absolute atomic E-state index is 12.0. The third kappa shape index (κ3) is 4.05. The highest BCUT2D eigenvalue weighted by Crippen LogP contribution is 2.45. The van der Waals surface area contributed by atoms with E-state index in [0.29, 0.717) is 4.58 Å². The van der Waals surface area contributed by atoms with Gasteiger partial charge in [-0.2, -0.15) is 4.68 Å². The Hall–Kier alpha value is -2.00. The summed E-state index contributed by atoms with van der Waals surface area (Å²) in [6.07, 6.45) is 1.42. The van der Waals surface area contributed by atoms with E-state index in [0.717, 1.165) is 17.2 Å². The number of nitro groups is 1. The number of thioether (sulfide) groups is 2. The predicted octanol–water partition coefficient (Wildman–Crippen LogP) is 2.91. The van der Waals surface area contributed by atoms with Gasteiger partial charge in [-0.1, -0.05) is 12.1 Å². The minimum Gasteiger partial charge on any atom is -0.358 e. The number of nitrogens with one attached hydrogen (secondary N) is 1. The molecule has 120 valence electrons. The SMILES string of the molecule is O=C(Cn1ccc([N+](=O)[O-])n1)Nc1cccc(C2SCCS2)c1. The van der Waals surface area contributed by atoms with Crippen LogP contribution in [0.5, 0.6) is 0 Å². The van der Waals surface area contributed by atoms with Crippen molar-refractivity contribution >= 4 is 40.9 Å². The highest BCUT2D eigenvalue weighted by Gasteiger charge is 2.19. The van der Waals surface area contributed by atoms with Crippen LogP contribution >= 0.6 is 23.5 Å². The first-order valence-electron chi connectivity index (χ1n) is 6.93. The fourth-order valence-electron chi connectivity index (χ4n) is 2.20. The van der Waals surface area contributed by atoms with Crippen molar-refractivity contribution in [2.45, 2.75) is 11.1 Å². The van der Waals surface area contributed by atoms with Crippen molar-refractivity contribution in [2.75, 3.05) is 16.8 Å². The number of hydrogen-bond acceptors (Lipinski definition) is 6. The van der Waals surface area contributed by atoms with Gasteiger partial charge in [-0.15, -0.1) is 23.5 Å². The number of benzene rings is 1. The quantitative estimate of drug-likeness (QED) is 0.659. The monoisotopic (exact) mass is 350 g/mol. The highest BCUT2D eigenvalue weighted by molar-refractivity contribution is 8.19. The van der Waals surface area contributed by atoms with Crippen molar-refractivity contribution < 1.29 is 9.72 Å². The van der Waals surface area contributed by atoms with Gasteiger partial charge in [-0.3, -0.25) is 4.79 Å². The van der Waals surface area contributed by atoms with Crippen LogP contribution in [0.25, 0.3) is 0 Å². The third-order valence-electron chi connectivity index (χ3n) is 3.18. The Balaban J connectivity index is 1.62. The smallest absolute Gasteiger partial charge is 0.358 e. The Morgan fingerprint density at radius 2 is 2.17 bits per heavy atom. The van der Waals surface area contributed by atoms with Crippen molar-refractivity contribution in [3.8, 4) is 0 Å². The Morgan fingerprint density at radius 1 is 1.39 bits per heavy atom. The summed E-state index contributed by atoms with van der Waals surface area (Å²) in [6, 6.07) is 9.05. The van der Waals surface area contributed by atoms with Gasteiger partial charge in [0.2, 0.25) is 5.91 Å². The summed E-state index contributed by atoms with van der Waals surface area (Å²) in [5.41, 5.74) is 1.91. The molecule has 0 spiro atoms. The summed E-state index contributed by atoms with van der Waals surface area (Å²) in [5.74, 6) is 1.75. The van der Waals surface area contributed by atoms with Crippen molar-refractivity contribution in [1.29, 1.82) is 0 Å². The molecule has 0 bridgehead atoms. The summed E-state index contributed by atoms with van der Waals surface area (Å²) >= 11 is 3.81. The molecule has 1 saturated heterocycles. The standard InChI is InChI=1S/C14H14N4O3S2/c19-13(9-17-5-4-12(16-17)18(20)21)15-11-3-1-2-10(8-11)14-22-6-7-23-14/h1-5,8,14H,6-7,9H2,(H,15,19). The molecule has 1 amide bonds. The molecule has 1 aromatic heterocycles. The molecule has 1 N–H and O–H groups in total. The summed E-state index contributed by atoms with van der Waals surface area (Å²) < 4.78 is 1.67. The molecule has 0 saturated carbocycles. The van der Waals surface area contributed by atoms with Crippen LogP contribution in [0.3, 0.4) is 0 Å². The van der Waals surface area contributed by atoms with Gasteiger partial charge in [-0.25, -0.2) is 0 Å². The zero-order chi connectivity index (χ0) is 16.2. The van der Waals surface area contributed by atoms with E-state index in [2.05, 4.69) is 16.5 Å². The molecular weight excluding hydrogens is 336 g/mol. The summed E-state index contributed by atoms with van der Waals surface area (Å²) in [5, 5.41) is 17.1. The Morgan fingerprint density at radius 3 is 2.87 bits per heavy atom. The van der Waals surface area contributed by atoms with Crippen LogP contribution in [0.15, 0.2) is 36.5 Å². The Kier molecular flexibility index (Phi) is 4.87. The van der Waals surface area contributed by atoms with E-state index in [1.54, 1.807) is 0 Å². The van der Waals surface area contributed by atoms with Crippen molar-refractivity contribution in [1.82, 2.24) is 9.78 Å². The van der Waals surface area contributed by atoms with Gasteiger partial charge in [0.1, 0.15) is 6.54 Å². The van der Waals surface area contributed by atoms with Crippen molar-refractivity contribution in [3.05, 3.63) is 52.2 Å². The van der Waals surface area contributed by atoms with Gasteiger partial charge in [-0.05, 0) is 22.6 Å². The van der Waals surface area contributed by atoms with E-state index in [1.807, 2.05) is 41.7 Å². The lowest BCUT2D eigenvalue weighted by Gasteiger charge is -2.10. The molecule has 0 aliphatic carbocycles. The molecular formula is C14H14N4O3S2. The van der Waals surface area contributed by atoms with Crippen LogP contribution in [-0.2, 0) is 11.3 Å². The fourth-order valence-corrected chi connectivity index (χ4v) is 5.04. The second-order valence-electron chi connectivity index (χ2n) is 4.88. The zero-order valence-corrected chi connectivity index (χ0v) is 13.7. The minimum atomic E-state index is -0.588. The van der Waals surface area contributed by atoms with Crippen LogP contribution < -0.4 is 5.32 Å². The first kappa shape index (κ1) is 15.9. The summed E-state index contributed by atoms with van der Waals surface area (Å²) in [6.45, 7) is -0.0645. The predicted molar refractivity (Wildman–Crippen MR) is 91.6 cm³/mol. The van der Waals surface area contributed by atoms with Crippen molar-refractivity contribution in [2.24, 2.45) is 0 Å². The van der Waals surface area contributed by atoms with Gasteiger partial charge in [0.25, 0.3) is 0 Å². The lowest BCUT2D eigenvalue weighted by Crippen LogP contribution is -2.19. The molecule has 1 aliphatic rings. The average Bonchev–Trinajstić information content (AvgIpc) is 3.18. The number of amides is 1. The molecule has 2 aromatic rings. The molecule has 0 radical (unpaired) electrons. The molecule has 9 heteroatoms. The van der Waals surface area contributed by atoms with E-state index in [-0.39, 0.29) is 18.3 Å². The molecule has 0 unspecified atom stereocenters. The largest absolute Gasteiger partial charge is 0.389 e. The molecule has 7 nitrogen and oxygen atoms in total. The lowest BCUT2D eigenvalue weighted by molar-refractivity contribution is -0.389. The Bertz CT molecular complexity index is 728. The van der Waals surface area contributed by atoms with E-state index < -0.39 is 4.92 Å². The Labute approximate surface area is 141 Å². The van der Waals surface area contributed by atoms with Crippen LogP contribution in [0.2, 0.25) is 0 Å². The average molecular weight is 350 g/mol. The number of aromatic nitrogens is 2. The zero-order valence-electron chi connectivity index (χ0n) is 12.0. The maximum atomic E-state index is 12.0. The molecule has 1 fully saturated rings. The molecule has 3 rings (SSSR count). The lowest BCUT2D eigenvalue weighted by atomic mass is 10.2. The number of rotatable bonds is 5. The maximum Gasteiger partial charge on any atom is 0.389 e. The normalized spacial score (nSPS) is 14.8. The molecule has 2 heterocycles. The van der Waals surface area contributed by atoms with E-state index in [4.69, 9.17) is 0 Å². The topological polar surface area (TPSA) is 90.1 Å². The van der Waals surface area contributed by atoms with Gasteiger partial charge in [0.15, 0.2) is 0 Å². The number of carbonyl (C=O) groups is 1. The second kappa shape index (κ2) is 7.05. The molecule has 1 aromatic carbocycles. The molecule has 1 aliphatic heterocycles. The van der Waals surface area contributed by atoms with E-state index in [1.165, 1.54) is 22.5 Å². The number of anilines is 1. The number of nitrogens with zero attached hydrogens (tertiary/aromatic N) is 3. The van der Waals surface area contributed by atoms with Crippen LogP contribution in [0.1, 0.15) is 10.1 Å². The third-order valence-corrected chi connectivity index (χ3v) is 6.29. The van der Waals surface area contributed by atoms with Crippen LogP contribution in [0.4, 0.5) is 11.5 Å². The van der Waals surface area contributed by atoms with Crippen molar-refractivity contribution in [3.63, 3.8) is 0 Å². The molecule has 23 heavy (non-hydrogen) atoms. The van der Waals surface area contributed by atoms with E-state index in [9.17, 15) is 14.9 Å². The van der Waals surface area contributed by atoms with Crippen LogP contribution in [-0.4, -0.2) is 32.1 Å². The number of carbonyl (C=O) groups excluding carboxylic acids is 1. The first-order valence-corrected chi connectivity index (χ1v) is 9.02. The first-order chi connectivity index (χ1) is 11.1. The minimum absolute atomic E-state index is 0.0645. The second-order valence-corrected chi connectivity index (χ2v) is 7.60. The number of hydrogen-bond donors (Lipinski definition) is 1. The van der Waals surface area contributed by atoms with Gasteiger partial charge in [0.05, 0.1) is 21.9 Å². The fraction of sp³-hybridized carbons (Fsp3) is 0.286. The molecule has 0 atom stereocenters. The van der Waals surface area contributed by atoms with Crippen LogP contribution in [0, 0.1) is 10.1 Å². The van der Waals surface area contributed by atoms with Gasteiger partial charge < -0.3 is 15.4 Å². The van der Waals surface area contributed by atoms with Gasteiger partial charge in [0, 0.05) is 17.2 Å². The van der Waals surface area contributed by atoms with E-state index >= 15 is 0 Å². The van der Waals surface area contributed by atoms with Gasteiger partial charge >= 0.3 is 5.82 Å². The summed E-state index contributed by atoms with van der Waals surface area (Å²) in [4.78, 5) is 22.0. The highest BCUT2D eigenvalue weighted by atomic mass is 32.2. The summed E-state index contributed by atoms with van der Waals surface area (Å²) in [7, 11) is 0.